The Morgan fingerprint density at radius 2 is 1.81 bits per heavy atom. The number of hydrogen-bond donors (Lipinski definition) is 2. The molecule has 3 rings (SSSR count). The predicted molar refractivity (Wildman–Crippen MR) is 115 cm³/mol. The minimum atomic E-state index is 0. The Labute approximate surface area is 172 Å². The number of halogens is 1. The number of nitrogens with one attached hydrogen (secondary N) is 1. The molecular weight excluding hydrogens is 445 g/mol. The van der Waals surface area contributed by atoms with E-state index in [9.17, 15) is 0 Å². The molecule has 0 atom stereocenters. The minimum Gasteiger partial charge on any atom is -0.490 e. The van der Waals surface area contributed by atoms with Crippen LogP contribution in [0.5, 0.6) is 11.5 Å². The zero-order valence-corrected chi connectivity index (χ0v) is 17.6. The molecule has 1 aromatic carbocycles. The van der Waals surface area contributed by atoms with Gasteiger partial charge in [0.15, 0.2) is 17.5 Å². The summed E-state index contributed by atoms with van der Waals surface area (Å²) in [5.41, 5.74) is 6.81. The largest absolute Gasteiger partial charge is 0.490 e. The van der Waals surface area contributed by atoms with Crippen molar-refractivity contribution in [1.29, 1.82) is 0 Å². The van der Waals surface area contributed by atoms with Crippen molar-refractivity contribution in [2.75, 3.05) is 31.7 Å². The number of aliphatic imine (C=N–C) groups is 1. The lowest BCUT2D eigenvalue weighted by Crippen LogP contribution is -2.24. The molecule has 1 fully saturated rings. The topological polar surface area (TPSA) is 78.1 Å². The van der Waals surface area contributed by atoms with E-state index in [0.29, 0.717) is 38.4 Å². The number of nitrogens with two attached hydrogens (primary N) is 1. The summed E-state index contributed by atoms with van der Waals surface area (Å²) in [4.78, 5) is 4.34. The van der Waals surface area contributed by atoms with E-state index in [4.69, 9.17) is 19.9 Å². The summed E-state index contributed by atoms with van der Waals surface area (Å²) in [6, 6.07) is 5.70. The van der Waals surface area contributed by atoms with Gasteiger partial charge in [-0.15, -0.1) is 24.0 Å². The monoisotopic (exact) mass is 475 g/mol. The molecule has 1 aliphatic carbocycles. The van der Waals surface area contributed by atoms with Gasteiger partial charge in [-0.1, -0.05) is 25.7 Å². The van der Waals surface area contributed by atoms with Crippen LogP contribution in [0.25, 0.3) is 0 Å². The van der Waals surface area contributed by atoms with Crippen molar-refractivity contribution >= 4 is 35.6 Å². The first-order valence-corrected chi connectivity index (χ1v) is 9.39. The van der Waals surface area contributed by atoms with Crippen molar-refractivity contribution in [2.24, 2.45) is 10.7 Å². The molecule has 7 heteroatoms. The van der Waals surface area contributed by atoms with E-state index >= 15 is 0 Å². The zero-order chi connectivity index (χ0) is 17.3. The van der Waals surface area contributed by atoms with Gasteiger partial charge in [-0.05, 0) is 25.0 Å². The molecular formula is C19H30IN3O3. The molecule has 1 aliphatic heterocycles. The molecule has 3 N–H and O–H groups in total. The second-order valence-electron chi connectivity index (χ2n) is 6.59. The summed E-state index contributed by atoms with van der Waals surface area (Å²) in [5.74, 6) is 1.90. The van der Waals surface area contributed by atoms with E-state index in [-0.39, 0.29) is 24.0 Å². The number of fused-ring (bicyclic) bond motifs is 1. The van der Waals surface area contributed by atoms with E-state index in [1.54, 1.807) is 0 Å². The first kappa shape index (κ1) is 21.1. The third-order valence-corrected chi connectivity index (χ3v) is 4.55. The van der Waals surface area contributed by atoms with Gasteiger partial charge in [0.25, 0.3) is 0 Å². The van der Waals surface area contributed by atoms with Crippen LogP contribution in [0.2, 0.25) is 0 Å². The highest BCUT2D eigenvalue weighted by atomic mass is 127. The zero-order valence-electron chi connectivity index (χ0n) is 15.2. The molecule has 0 spiro atoms. The van der Waals surface area contributed by atoms with Crippen LogP contribution in [-0.2, 0) is 4.74 Å². The van der Waals surface area contributed by atoms with Gasteiger partial charge in [0.2, 0.25) is 0 Å². The fraction of sp³-hybridized carbons (Fsp3) is 0.632. The Morgan fingerprint density at radius 1 is 1.08 bits per heavy atom. The second kappa shape index (κ2) is 11.5. The fourth-order valence-corrected chi connectivity index (χ4v) is 3.22. The van der Waals surface area contributed by atoms with Crippen LogP contribution in [0, 0.1) is 0 Å². The lowest BCUT2D eigenvalue weighted by molar-refractivity contribution is 0.0487. The van der Waals surface area contributed by atoms with Gasteiger partial charge >= 0.3 is 0 Å². The molecule has 26 heavy (non-hydrogen) atoms. The van der Waals surface area contributed by atoms with Gasteiger partial charge in [0, 0.05) is 18.2 Å². The van der Waals surface area contributed by atoms with Crippen molar-refractivity contribution in [3.8, 4) is 11.5 Å². The molecule has 2 aliphatic rings. The fourth-order valence-electron chi connectivity index (χ4n) is 3.22. The first-order chi connectivity index (χ1) is 12.3. The molecule has 6 nitrogen and oxygen atoms in total. The van der Waals surface area contributed by atoms with Crippen LogP contribution in [0.1, 0.15) is 44.9 Å². The average molecular weight is 475 g/mol. The maximum Gasteiger partial charge on any atom is 0.193 e. The molecule has 0 bridgehead atoms. The first-order valence-electron chi connectivity index (χ1n) is 9.39. The maximum atomic E-state index is 5.97. The SMILES string of the molecule is I.NC(=NCCOC1CCCCCC1)Nc1ccc2c(c1)OCCCO2. The van der Waals surface area contributed by atoms with E-state index in [1.165, 1.54) is 38.5 Å². The lowest BCUT2D eigenvalue weighted by atomic mass is 10.1. The second-order valence-corrected chi connectivity index (χ2v) is 6.59. The van der Waals surface area contributed by atoms with Gasteiger partial charge in [-0.2, -0.15) is 0 Å². The van der Waals surface area contributed by atoms with Gasteiger partial charge in [0.1, 0.15) is 0 Å². The van der Waals surface area contributed by atoms with Gasteiger partial charge < -0.3 is 25.3 Å². The minimum absolute atomic E-state index is 0. The highest BCUT2D eigenvalue weighted by Crippen LogP contribution is 2.32. The summed E-state index contributed by atoms with van der Waals surface area (Å²) in [6.45, 7) is 2.54. The summed E-state index contributed by atoms with van der Waals surface area (Å²) in [6.07, 6.45) is 8.87. The molecule has 0 saturated heterocycles. The van der Waals surface area contributed by atoms with Crippen molar-refractivity contribution in [3.05, 3.63) is 18.2 Å². The molecule has 0 radical (unpaired) electrons. The number of hydrogen-bond acceptors (Lipinski definition) is 4. The normalized spacial score (nSPS) is 18.4. The molecule has 0 unspecified atom stereocenters. The Kier molecular flexibility index (Phi) is 9.31. The van der Waals surface area contributed by atoms with Crippen LogP contribution in [-0.4, -0.2) is 38.4 Å². The molecule has 1 heterocycles. The van der Waals surface area contributed by atoms with Crippen molar-refractivity contribution in [2.45, 2.75) is 51.0 Å². The summed E-state index contributed by atoms with van der Waals surface area (Å²) < 4.78 is 17.2. The Morgan fingerprint density at radius 3 is 2.58 bits per heavy atom. The third kappa shape index (κ3) is 6.83. The average Bonchev–Trinajstić information content (AvgIpc) is 3.01. The number of guanidine groups is 1. The Balaban J connectivity index is 0.00000243. The quantitative estimate of drug-likeness (QED) is 0.222. The highest BCUT2D eigenvalue weighted by molar-refractivity contribution is 14.0. The van der Waals surface area contributed by atoms with Crippen LogP contribution in [0.3, 0.4) is 0 Å². The van der Waals surface area contributed by atoms with Crippen LogP contribution in [0.4, 0.5) is 5.69 Å². The van der Waals surface area contributed by atoms with E-state index in [2.05, 4.69) is 10.3 Å². The van der Waals surface area contributed by atoms with Crippen molar-refractivity contribution in [1.82, 2.24) is 0 Å². The van der Waals surface area contributed by atoms with Gasteiger partial charge in [-0.25, -0.2) is 0 Å². The van der Waals surface area contributed by atoms with E-state index < -0.39 is 0 Å². The van der Waals surface area contributed by atoms with Crippen molar-refractivity contribution < 1.29 is 14.2 Å². The summed E-state index contributed by atoms with van der Waals surface area (Å²) >= 11 is 0. The number of anilines is 1. The Hall–Kier alpha value is -1.22. The smallest absolute Gasteiger partial charge is 0.193 e. The van der Waals surface area contributed by atoms with Crippen LogP contribution in [0.15, 0.2) is 23.2 Å². The maximum absolute atomic E-state index is 5.97. The number of nitrogens with zero attached hydrogens (tertiary/aromatic N) is 1. The molecule has 1 aromatic rings. The Bertz CT molecular complexity index is 575. The van der Waals surface area contributed by atoms with Crippen LogP contribution < -0.4 is 20.5 Å². The number of benzene rings is 1. The molecule has 146 valence electrons. The summed E-state index contributed by atoms with van der Waals surface area (Å²) in [5, 5.41) is 3.10. The van der Waals surface area contributed by atoms with E-state index in [0.717, 1.165) is 23.6 Å². The number of ether oxygens (including phenoxy) is 3. The standard InChI is InChI=1S/C19H29N3O3.HI/c20-19(21-10-13-23-16-6-3-1-2-4-7-16)22-15-8-9-17-18(14-15)25-12-5-11-24-17;/h8-9,14,16H,1-7,10-13H2,(H3,20,21,22);1H. The lowest BCUT2D eigenvalue weighted by Gasteiger charge is -2.14. The van der Waals surface area contributed by atoms with Crippen LogP contribution >= 0.6 is 24.0 Å². The molecule has 0 amide bonds. The predicted octanol–water partition coefficient (Wildman–Crippen LogP) is 3.93. The van der Waals surface area contributed by atoms with Gasteiger partial charge in [-0.3, -0.25) is 4.99 Å². The highest BCUT2D eigenvalue weighted by Gasteiger charge is 2.12. The molecule has 1 saturated carbocycles. The summed E-state index contributed by atoms with van der Waals surface area (Å²) in [7, 11) is 0. The van der Waals surface area contributed by atoms with Crippen molar-refractivity contribution in [3.63, 3.8) is 0 Å². The molecule has 0 aromatic heterocycles. The van der Waals surface area contributed by atoms with E-state index in [1.807, 2.05) is 18.2 Å². The number of rotatable bonds is 5. The van der Waals surface area contributed by atoms with Gasteiger partial charge in [0.05, 0.1) is 32.5 Å². The third-order valence-electron chi connectivity index (χ3n) is 4.55.